The zero-order valence-corrected chi connectivity index (χ0v) is 20.9. The Kier molecular flexibility index (Phi) is 9.45. The van der Waals surface area contributed by atoms with E-state index in [0.717, 1.165) is 22.8 Å². The molecule has 7 heteroatoms. The van der Waals surface area contributed by atoms with E-state index in [1.54, 1.807) is 24.3 Å². The van der Waals surface area contributed by atoms with E-state index in [2.05, 4.69) is 25.1 Å². The molecule has 0 saturated carbocycles. The second kappa shape index (κ2) is 12.7. The third-order valence-electron chi connectivity index (χ3n) is 6.12. The van der Waals surface area contributed by atoms with Crippen LogP contribution in [0.4, 0.5) is 5.69 Å². The van der Waals surface area contributed by atoms with Crippen molar-refractivity contribution in [3.63, 3.8) is 0 Å². The third-order valence-corrected chi connectivity index (χ3v) is 6.12. The summed E-state index contributed by atoms with van der Waals surface area (Å²) < 4.78 is 11.0. The number of esters is 2. The van der Waals surface area contributed by atoms with Crippen molar-refractivity contribution in [3.05, 3.63) is 77.4 Å². The highest BCUT2D eigenvalue weighted by Gasteiger charge is 2.31. The van der Waals surface area contributed by atoms with Gasteiger partial charge in [-0.3, -0.25) is 14.4 Å². The monoisotopic (exact) mass is 490 g/mol. The van der Waals surface area contributed by atoms with Crippen LogP contribution < -0.4 is 11.5 Å². The van der Waals surface area contributed by atoms with Crippen LogP contribution in [0.2, 0.25) is 0 Å². The maximum atomic E-state index is 13.0. The number of carbonyl (C=O) groups is 3. The van der Waals surface area contributed by atoms with Crippen LogP contribution in [0, 0.1) is 5.92 Å². The number of hydrogen-bond donors (Lipinski definition) is 2. The number of hydrogen-bond acceptors (Lipinski definition) is 6. The smallest absolute Gasteiger partial charge is 0.320 e. The summed E-state index contributed by atoms with van der Waals surface area (Å²) in [5.41, 5.74) is 14.7. The normalized spacial score (nSPS) is 12.6. The third kappa shape index (κ3) is 7.31. The number of nitrogen functional groups attached to an aromatic ring is 1. The number of anilines is 1. The fourth-order valence-electron chi connectivity index (χ4n) is 4.12. The van der Waals surface area contributed by atoms with Crippen molar-refractivity contribution >= 4 is 34.3 Å². The lowest BCUT2D eigenvalue weighted by Crippen LogP contribution is -2.33. The molecule has 3 rings (SSSR count). The lowest BCUT2D eigenvalue weighted by atomic mass is 9.99. The number of rotatable bonds is 12. The number of primary amides is 1. The number of carbonyl (C=O) groups excluding carboxylic acids is 3. The largest absolute Gasteiger partial charge is 0.461 e. The molecule has 190 valence electrons. The van der Waals surface area contributed by atoms with Crippen LogP contribution in [0.3, 0.4) is 0 Å². The topological polar surface area (TPSA) is 122 Å². The summed E-state index contributed by atoms with van der Waals surface area (Å²) in [5.74, 6) is -3.09. The minimum absolute atomic E-state index is 0.0411. The van der Waals surface area contributed by atoms with Crippen LogP contribution in [0.1, 0.15) is 49.8 Å². The van der Waals surface area contributed by atoms with E-state index >= 15 is 0 Å². The van der Waals surface area contributed by atoms with Crippen LogP contribution in [0.15, 0.2) is 60.7 Å². The van der Waals surface area contributed by atoms with E-state index in [1.165, 1.54) is 5.56 Å². The van der Waals surface area contributed by atoms with Gasteiger partial charge < -0.3 is 20.9 Å². The summed E-state index contributed by atoms with van der Waals surface area (Å²) in [6, 6.07) is 19.3. The Morgan fingerprint density at radius 1 is 0.889 bits per heavy atom. The minimum Gasteiger partial charge on any atom is -0.461 e. The average Bonchev–Trinajstić information content (AvgIpc) is 2.85. The molecule has 0 aliphatic heterocycles. The van der Waals surface area contributed by atoms with Crippen molar-refractivity contribution in [3.8, 4) is 0 Å². The van der Waals surface area contributed by atoms with Crippen molar-refractivity contribution in [2.75, 3.05) is 5.73 Å². The highest BCUT2D eigenvalue weighted by Crippen LogP contribution is 2.22. The second-order valence-corrected chi connectivity index (χ2v) is 8.95. The van der Waals surface area contributed by atoms with Gasteiger partial charge in [0.2, 0.25) is 5.91 Å². The van der Waals surface area contributed by atoms with Gasteiger partial charge >= 0.3 is 11.9 Å². The van der Waals surface area contributed by atoms with Crippen LogP contribution in [-0.4, -0.2) is 23.9 Å². The molecule has 0 radical (unpaired) electrons. The summed E-state index contributed by atoms with van der Waals surface area (Å²) in [5, 5.41) is 2.17. The minimum atomic E-state index is -1.10. The summed E-state index contributed by atoms with van der Waals surface area (Å²) >= 11 is 0. The SMILES string of the molecule is CCC[C@@H](C(=O)OCc1ccccc1N)C(=O)O[C@H](CC(N)=O)Cc1ccc2cc(CC)ccc2c1. The number of nitrogens with two attached hydrogens (primary N) is 2. The Bertz CT molecular complexity index is 1220. The first-order valence-corrected chi connectivity index (χ1v) is 12.3. The molecule has 0 heterocycles. The number of para-hydroxylation sites is 1. The van der Waals surface area contributed by atoms with Gasteiger partial charge in [-0.05, 0) is 40.8 Å². The molecule has 7 nitrogen and oxygen atoms in total. The Balaban J connectivity index is 1.71. The number of amides is 1. The highest BCUT2D eigenvalue weighted by atomic mass is 16.6. The zero-order chi connectivity index (χ0) is 26.1. The van der Waals surface area contributed by atoms with Crippen LogP contribution >= 0.6 is 0 Å². The van der Waals surface area contributed by atoms with E-state index in [-0.39, 0.29) is 19.4 Å². The Hall–Kier alpha value is -3.87. The molecule has 3 aromatic rings. The van der Waals surface area contributed by atoms with Gasteiger partial charge in [0.25, 0.3) is 0 Å². The van der Waals surface area contributed by atoms with E-state index in [0.29, 0.717) is 24.1 Å². The summed E-state index contributed by atoms with van der Waals surface area (Å²) in [4.78, 5) is 37.5. The lowest BCUT2D eigenvalue weighted by molar-refractivity contribution is -0.166. The molecule has 2 atom stereocenters. The predicted molar refractivity (Wildman–Crippen MR) is 140 cm³/mol. The van der Waals surface area contributed by atoms with E-state index in [9.17, 15) is 14.4 Å². The molecule has 36 heavy (non-hydrogen) atoms. The molecule has 0 unspecified atom stereocenters. The van der Waals surface area contributed by atoms with Crippen molar-refractivity contribution in [1.29, 1.82) is 0 Å². The van der Waals surface area contributed by atoms with Crippen LogP contribution in [0.5, 0.6) is 0 Å². The standard InChI is InChI=1S/C29H34N2O5/c1-3-7-25(28(33)35-18-23-8-5-6-9-26(23)30)29(34)36-24(17-27(31)32)16-20-11-13-21-14-19(4-2)10-12-22(21)15-20/h5-6,8-15,24-25H,3-4,7,16-18,30H2,1-2H3,(H2,31,32)/t24-,25-/m0/s1. The molecule has 3 aromatic carbocycles. The van der Waals surface area contributed by atoms with Gasteiger partial charge in [0.1, 0.15) is 12.7 Å². The Morgan fingerprint density at radius 2 is 1.56 bits per heavy atom. The summed E-state index contributed by atoms with van der Waals surface area (Å²) in [6.07, 6.45) is 1.16. The molecular weight excluding hydrogens is 456 g/mol. The fourth-order valence-corrected chi connectivity index (χ4v) is 4.12. The highest BCUT2D eigenvalue weighted by molar-refractivity contribution is 5.95. The Labute approximate surface area is 211 Å². The second-order valence-electron chi connectivity index (χ2n) is 8.95. The molecule has 0 aromatic heterocycles. The Morgan fingerprint density at radius 3 is 2.19 bits per heavy atom. The maximum Gasteiger partial charge on any atom is 0.320 e. The van der Waals surface area contributed by atoms with E-state index in [4.69, 9.17) is 20.9 Å². The van der Waals surface area contributed by atoms with Crippen molar-refractivity contribution in [1.82, 2.24) is 0 Å². The average molecular weight is 491 g/mol. The van der Waals surface area contributed by atoms with E-state index in [1.807, 2.05) is 25.1 Å². The van der Waals surface area contributed by atoms with Gasteiger partial charge in [0.15, 0.2) is 5.92 Å². The summed E-state index contributed by atoms with van der Waals surface area (Å²) in [6.45, 7) is 3.93. The first-order chi connectivity index (χ1) is 17.3. The molecular formula is C29H34N2O5. The molecule has 0 aliphatic carbocycles. The first kappa shape index (κ1) is 26.7. The molecule has 0 saturated heterocycles. The molecule has 0 spiro atoms. The van der Waals surface area contributed by atoms with Gasteiger partial charge in [0, 0.05) is 17.7 Å². The molecule has 4 N–H and O–H groups in total. The lowest BCUT2D eigenvalue weighted by Gasteiger charge is -2.21. The predicted octanol–water partition coefficient (Wildman–Crippen LogP) is 4.47. The van der Waals surface area contributed by atoms with Crippen molar-refractivity contribution in [2.45, 2.75) is 58.7 Å². The summed E-state index contributed by atoms with van der Waals surface area (Å²) in [7, 11) is 0. The number of ether oxygens (including phenoxy) is 2. The fraction of sp³-hybridized carbons (Fsp3) is 0.345. The number of fused-ring (bicyclic) bond motifs is 1. The van der Waals surface area contributed by atoms with Gasteiger partial charge in [-0.15, -0.1) is 0 Å². The number of benzene rings is 3. The molecule has 0 fully saturated rings. The quantitative estimate of drug-likeness (QED) is 0.219. The van der Waals surface area contributed by atoms with Gasteiger partial charge in [-0.2, -0.15) is 0 Å². The van der Waals surface area contributed by atoms with Gasteiger partial charge in [-0.25, -0.2) is 0 Å². The van der Waals surface area contributed by atoms with Crippen LogP contribution in [0.25, 0.3) is 10.8 Å². The number of aryl methyl sites for hydroxylation is 1. The molecule has 1 amide bonds. The maximum absolute atomic E-state index is 13.0. The molecule has 0 bridgehead atoms. The van der Waals surface area contributed by atoms with Crippen LogP contribution in [-0.2, 0) is 43.3 Å². The van der Waals surface area contributed by atoms with E-state index < -0.39 is 29.9 Å². The van der Waals surface area contributed by atoms with Crippen molar-refractivity contribution < 1.29 is 23.9 Å². The van der Waals surface area contributed by atoms with Gasteiger partial charge in [0.05, 0.1) is 6.42 Å². The zero-order valence-electron chi connectivity index (χ0n) is 20.9. The molecule has 0 aliphatic rings. The first-order valence-electron chi connectivity index (χ1n) is 12.3. The van der Waals surface area contributed by atoms with Gasteiger partial charge in [-0.1, -0.05) is 74.9 Å². The van der Waals surface area contributed by atoms with Crippen molar-refractivity contribution in [2.24, 2.45) is 11.7 Å².